The number of Topliss-reactive ketones (excluding diaryl/α,β-unsaturated/α-hetero) is 1. The van der Waals surface area contributed by atoms with Crippen molar-refractivity contribution in [3.05, 3.63) is 12.2 Å². The van der Waals surface area contributed by atoms with Crippen molar-refractivity contribution in [1.29, 1.82) is 0 Å². The molecule has 0 aromatic carbocycles. The highest BCUT2D eigenvalue weighted by atomic mass is 16.5. The van der Waals surface area contributed by atoms with Crippen molar-refractivity contribution in [2.24, 2.45) is 5.92 Å². The van der Waals surface area contributed by atoms with E-state index in [4.69, 9.17) is 4.74 Å². The fraction of sp³-hybridized carbons (Fsp3) is 0.750. The van der Waals surface area contributed by atoms with Crippen LogP contribution in [0.15, 0.2) is 12.2 Å². The summed E-state index contributed by atoms with van der Waals surface area (Å²) < 4.78 is 5.57. The number of hydrogen-bond donors (Lipinski definition) is 1. The molecular weight excluding hydrogens is 190 g/mol. The third-order valence-corrected chi connectivity index (χ3v) is 2.26. The summed E-state index contributed by atoms with van der Waals surface area (Å²) in [4.78, 5) is 11.8. The number of nitrogens with one attached hydrogen (secondary N) is 1. The summed E-state index contributed by atoms with van der Waals surface area (Å²) in [5.41, 5.74) is 0. The number of allylic oxidation sites excluding steroid dienone is 2. The van der Waals surface area contributed by atoms with Crippen LogP contribution in [0.3, 0.4) is 0 Å². The molecule has 1 N–H and O–H groups in total. The van der Waals surface area contributed by atoms with Gasteiger partial charge in [-0.25, -0.2) is 0 Å². The van der Waals surface area contributed by atoms with Gasteiger partial charge in [0.1, 0.15) is 6.10 Å². The van der Waals surface area contributed by atoms with E-state index in [0.717, 1.165) is 6.54 Å². The van der Waals surface area contributed by atoms with Crippen LogP contribution >= 0.6 is 0 Å². The SMILES string of the molecule is C/C=C\C(C)C(=O)C(C)OC(C)CNC. The van der Waals surface area contributed by atoms with E-state index >= 15 is 0 Å². The molecule has 0 aliphatic rings. The number of carbonyl (C=O) groups excluding carboxylic acids is 1. The Kier molecular flexibility index (Phi) is 7.26. The molecule has 0 aliphatic carbocycles. The molecule has 0 saturated carbocycles. The zero-order valence-corrected chi connectivity index (χ0v) is 10.4. The van der Waals surface area contributed by atoms with Gasteiger partial charge in [-0.1, -0.05) is 19.1 Å². The maximum absolute atomic E-state index is 11.8. The Bertz CT molecular complexity index is 214. The molecule has 3 unspecified atom stereocenters. The Hall–Kier alpha value is -0.670. The fourth-order valence-corrected chi connectivity index (χ4v) is 1.50. The topological polar surface area (TPSA) is 38.3 Å². The van der Waals surface area contributed by atoms with E-state index in [0.29, 0.717) is 0 Å². The van der Waals surface area contributed by atoms with Crippen molar-refractivity contribution in [2.45, 2.75) is 39.9 Å². The smallest absolute Gasteiger partial charge is 0.167 e. The van der Waals surface area contributed by atoms with Crippen molar-refractivity contribution < 1.29 is 9.53 Å². The lowest BCUT2D eigenvalue weighted by Crippen LogP contribution is -2.33. The summed E-state index contributed by atoms with van der Waals surface area (Å²) in [6.45, 7) is 8.34. The van der Waals surface area contributed by atoms with Gasteiger partial charge >= 0.3 is 0 Å². The van der Waals surface area contributed by atoms with Crippen LogP contribution in [-0.4, -0.2) is 31.6 Å². The number of ketones is 1. The molecule has 3 atom stereocenters. The molecule has 15 heavy (non-hydrogen) atoms. The average molecular weight is 213 g/mol. The number of hydrogen-bond acceptors (Lipinski definition) is 3. The van der Waals surface area contributed by atoms with Crippen molar-refractivity contribution in [2.75, 3.05) is 13.6 Å². The quantitative estimate of drug-likeness (QED) is 0.655. The van der Waals surface area contributed by atoms with Gasteiger partial charge in [0.25, 0.3) is 0 Å². The summed E-state index contributed by atoms with van der Waals surface area (Å²) in [7, 11) is 1.87. The number of likely N-dealkylation sites (N-methyl/N-ethyl adjacent to an activating group) is 1. The van der Waals surface area contributed by atoms with Crippen LogP contribution in [0, 0.1) is 5.92 Å². The van der Waals surface area contributed by atoms with Crippen LogP contribution in [0.1, 0.15) is 27.7 Å². The van der Waals surface area contributed by atoms with Gasteiger partial charge in [0, 0.05) is 12.5 Å². The van der Waals surface area contributed by atoms with Gasteiger partial charge in [0.2, 0.25) is 0 Å². The molecule has 0 radical (unpaired) electrons. The largest absolute Gasteiger partial charge is 0.366 e. The molecule has 3 heteroatoms. The summed E-state index contributed by atoms with van der Waals surface area (Å²) in [5, 5.41) is 3.02. The lowest BCUT2D eigenvalue weighted by molar-refractivity contribution is -0.134. The molecule has 0 aliphatic heterocycles. The van der Waals surface area contributed by atoms with Gasteiger partial charge in [0.15, 0.2) is 5.78 Å². The van der Waals surface area contributed by atoms with Crippen LogP contribution in [0.4, 0.5) is 0 Å². The minimum absolute atomic E-state index is 0.0618. The third kappa shape index (κ3) is 5.70. The minimum atomic E-state index is -0.334. The summed E-state index contributed by atoms with van der Waals surface area (Å²) >= 11 is 0. The molecule has 88 valence electrons. The monoisotopic (exact) mass is 213 g/mol. The first-order valence-corrected chi connectivity index (χ1v) is 5.49. The molecule has 0 aromatic rings. The van der Waals surface area contributed by atoms with E-state index in [9.17, 15) is 4.79 Å². The van der Waals surface area contributed by atoms with Gasteiger partial charge in [0.05, 0.1) is 6.10 Å². The second-order valence-corrected chi connectivity index (χ2v) is 3.86. The summed E-state index contributed by atoms with van der Waals surface area (Å²) in [5.74, 6) is 0.0721. The Morgan fingerprint density at radius 1 is 1.40 bits per heavy atom. The molecule has 0 spiro atoms. The Balaban J connectivity index is 4.08. The molecule has 0 aromatic heterocycles. The standard InChI is InChI=1S/C12H23NO2/c1-6-7-9(2)12(14)11(4)15-10(3)8-13-5/h6-7,9-11,13H,8H2,1-5H3/b7-6-. The Morgan fingerprint density at radius 2 is 2.00 bits per heavy atom. The van der Waals surface area contributed by atoms with E-state index in [1.807, 2.05) is 46.9 Å². The first kappa shape index (κ1) is 14.3. The summed E-state index contributed by atoms with van der Waals surface area (Å²) in [6.07, 6.45) is 3.52. The normalized spacial score (nSPS) is 17.7. The fourth-order valence-electron chi connectivity index (χ4n) is 1.50. The molecule has 0 saturated heterocycles. The molecule has 0 fully saturated rings. The lowest BCUT2D eigenvalue weighted by Gasteiger charge is -2.19. The Morgan fingerprint density at radius 3 is 2.47 bits per heavy atom. The highest BCUT2D eigenvalue weighted by Gasteiger charge is 2.20. The van der Waals surface area contributed by atoms with Gasteiger partial charge in [-0.2, -0.15) is 0 Å². The van der Waals surface area contributed by atoms with E-state index in [1.54, 1.807) is 0 Å². The van der Waals surface area contributed by atoms with Crippen molar-refractivity contribution >= 4 is 5.78 Å². The van der Waals surface area contributed by atoms with Crippen molar-refractivity contribution in [3.63, 3.8) is 0 Å². The van der Waals surface area contributed by atoms with Gasteiger partial charge < -0.3 is 10.1 Å². The molecule has 0 rings (SSSR count). The van der Waals surface area contributed by atoms with Crippen LogP contribution < -0.4 is 5.32 Å². The molecule has 0 heterocycles. The van der Waals surface area contributed by atoms with Crippen molar-refractivity contribution in [3.8, 4) is 0 Å². The predicted octanol–water partition coefficient (Wildman–Crippen LogP) is 1.78. The summed E-state index contributed by atoms with van der Waals surface area (Å²) in [6, 6.07) is 0. The molecular formula is C12H23NO2. The van der Waals surface area contributed by atoms with E-state index < -0.39 is 0 Å². The van der Waals surface area contributed by atoms with Crippen LogP contribution in [0.2, 0.25) is 0 Å². The zero-order chi connectivity index (χ0) is 11.8. The minimum Gasteiger partial charge on any atom is -0.366 e. The van der Waals surface area contributed by atoms with Gasteiger partial charge in [-0.15, -0.1) is 0 Å². The van der Waals surface area contributed by atoms with E-state index in [-0.39, 0.29) is 23.9 Å². The molecule has 0 amide bonds. The third-order valence-electron chi connectivity index (χ3n) is 2.26. The van der Waals surface area contributed by atoms with E-state index in [2.05, 4.69) is 5.32 Å². The Labute approximate surface area is 92.9 Å². The highest BCUT2D eigenvalue weighted by Crippen LogP contribution is 2.07. The first-order valence-electron chi connectivity index (χ1n) is 5.49. The second kappa shape index (κ2) is 7.60. The van der Waals surface area contributed by atoms with Crippen LogP contribution in [0.5, 0.6) is 0 Å². The molecule has 3 nitrogen and oxygen atoms in total. The van der Waals surface area contributed by atoms with Crippen molar-refractivity contribution in [1.82, 2.24) is 5.32 Å². The zero-order valence-electron chi connectivity index (χ0n) is 10.4. The van der Waals surface area contributed by atoms with Crippen LogP contribution in [-0.2, 0) is 9.53 Å². The maximum Gasteiger partial charge on any atom is 0.167 e. The average Bonchev–Trinajstić information content (AvgIpc) is 2.17. The van der Waals surface area contributed by atoms with Gasteiger partial charge in [-0.3, -0.25) is 4.79 Å². The number of carbonyl (C=O) groups is 1. The highest BCUT2D eigenvalue weighted by molar-refractivity contribution is 5.86. The molecule has 0 bridgehead atoms. The van der Waals surface area contributed by atoms with E-state index in [1.165, 1.54) is 0 Å². The second-order valence-electron chi connectivity index (χ2n) is 3.86. The first-order chi connectivity index (χ1) is 7.02. The maximum atomic E-state index is 11.8. The van der Waals surface area contributed by atoms with Gasteiger partial charge in [-0.05, 0) is 27.8 Å². The lowest BCUT2D eigenvalue weighted by atomic mass is 10.0. The van der Waals surface area contributed by atoms with Crippen LogP contribution in [0.25, 0.3) is 0 Å². The predicted molar refractivity (Wildman–Crippen MR) is 62.9 cm³/mol. The number of ether oxygens (including phenoxy) is 1. The number of rotatable bonds is 7.